The van der Waals surface area contributed by atoms with Crippen LogP contribution in [0.5, 0.6) is 0 Å². The van der Waals surface area contributed by atoms with E-state index in [2.05, 4.69) is 10.2 Å². The van der Waals surface area contributed by atoms with Crippen LogP contribution in [0.4, 0.5) is 10.8 Å². The molecule has 33 heavy (non-hydrogen) atoms. The molecule has 2 aromatic carbocycles. The quantitative estimate of drug-likeness (QED) is 0.399. The maximum Gasteiger partial charge on any atom is 0.230 e. The highest BCUT2D eigenvalue weighted by molar-refractivity contribution is 7.22. The van der Waals surface area contributed by atoms with Crippen molar-refractivity contribution in [3.63, 3.8) is 0 Å². The van der Waals surface area contributed by atoms with Gasteiger partial charge >= 0.3 is 0 Å². The number of rotatable bonds is 5. The van der Waals surface area contributed by atoms with Crippen LogP contribution in [-0.2, 0) is 16.0 Å². The van der Waals surface area contributed by atoms with Crippen molar-refractivity contribution in [2.75, 3.05) is 36.5 Å². The van der Waals surface area contributed by atoms with Crippen molar-refractivity contribution in [2.24, 2.45) is 0 Å². The molecule has 5 aromatic rings. The van der Waals surface area contributed by atoms with E-state index in [4.69, 9.17) is 14.7 Å². The molecule has 0 atom stereocenters. The minimum absolute atomic E-state index is 0.0538. The largest absolute Gasteiger partial charge is 0.378 e. The number of morpholine rings is 1. The van der Waals surface area contributed by atoms with Crippen LogP contribution in [0.15, 0.2) is 60.1 Å². The third-order valence-corrected chi connectivity index (χ3v) is 7.60. The number of anilines is 2. The van der Waals surface area contributed by atoms with Gasteiger partial charge in [0.05, 0.1) is 35.5 Å². The molecular formula is C24H21N5O2S2. The molecule has 0 saturated carbocycles. The molecule has 1 aliphatic rings. The normalized spacial score (nSPS) is 14.2. The lowest BCUT2D eigenvalue weighted by Gasteiger charge is -2.25. The highest BCUT2D eigenvalue weighted by Crippen LogP contribution is 2.31. The van der Waals surface area contributed by atoms with Gasteiger partial charge in [0.15, 0.2) is 10.1 Å². The lowest BCUT2D eigenvalue weighted by Crippen LogP contribution is -2.36. The number of hydrogen-bond acceptors (Lipinski definition) is 7. The van der Waals surface area contributed by atoms with Gasteiger partial charge in [-0.25, -0.2) is 9.97 Å². The zero-order chi connectivity index (χ0) is 22.2. The van der Waals surface area contributed by atoms with Crippen molar-refractivity contribution in [2.45, 2.75) is 6.42 Å². The highest BCUT2D eigenvalue weighted by atomic mass is 32.1. The Morgan fingerprint density at radius 2 is 1.94 bits per heavy atom. The fourth-order valence-corrected chi connectivity index (χ4v) is 5.88. The molecule has 0 aliphatic carbocycles. The molecular weight excluding hydrogens is 454 g/mol. The second-order valence-corrected chi connectivity index (χ2v) is 9.72. The van der Waals surface area contributed by atoms with E-state index in [-0.39, 0.29) is 12.3 Å². The number of carbonyl (C=O) groups is 1. The Bertz CT molecular complexity index is 1430. The van der Waals surface area contributed by atoms with E-state index in [1.807, 2.05) is 64.5 Å². The first-order valence-corrected chi connectivity index (χ1v) is 12.5. The second kappa shape index (κ2) is 8.58. The van der Waals surface area contributed by atoms with Crippen molar-refractivity contribution >= 4 is 54.6 Å². The summed E-state index contributed by atoms with van der Waals surface area (Å²) in [6, 6.07) is 16.0. The van der Waals surface area contributed by atoms with E-state index < -0.39 is 0 Å². The Balaban J connectivity index is 1.18. The van der Waals surface area contributed by atoms with Gasteiger partial charge in [0.1, 0.15) is 0 Å². The first-order valence-electron chi connectivity index (χ1n) is 10.8. The Labute approximate surface area is 198 Å². The molecule has 1 aliphatic heterocycles. The summed E-state index contributed by atoms with van der Waals surface area (Å²) in [6.45, 7) is 3.19. The van der Waals surface area contributed by atoms with E-state index in [1.54, 1.807) is 22.7 Å². The third-order valence-electron chi connectivity index (χ3n) is 5.64. The third kappa shape index (κ3) is 4.10. The van der Waals surface area contributed by atoms with Crippen molar-refractivity contribution in [1.82, 2.24) is 14.4 Å². The highest BCUT2D eigenvalue weighted by Gasteiger charge is 2.16. The molecule has 0 bridgehead atoms. The zero-order valence-electron chi connectivity index (χ0n) is 17.7. The average Bonchev–Trinajstić information content (AvgIpc) is 3.55. The summed E-state index contributed by atoms with van der Waals surface area (Å²) in [7, 11) is 0. The number of benzene rings is 2. The van der Waals surface area contributed by atoms with Crippen LogP contribution >= 0.6 is 22.7 Å². The van der Waals surface area contributed by atoms with Gasteiger partial charge in [-0.2, -0.15) is 0 Å². The molecule has 6 rings (SSSR count). The Morgan fingerprint density at radius 1 is 1.09 bits per heavy atom. The first kappa shape index (κ1) is 20.3. The van der Waals surface area contributed by atoms with Gasteiger partial charge in [0, 0.05) is 41.6 Å². The molecule has 3 aromatic heterocycles. The van der Waals surface area contributed by atoms with Crippen LogP contribution in [0.2, 0.25) is 0 Å². The van der Waals surface area contributed by atoms with Crippen LogP contribution in [-0.4, -0.2) is 46.6 Å². The Kier molecular flexibility index (Phi) is 5.29. The number of ether oxygens (including phenoxy) is 1. The van der Waals surface area contributed by atoms with E-state index in [0.29, 0.717) is 0 Å². The summed E-state index contributed by atoms with van der Waals surface area (Å²) in [5, 5.41) is 6.05. The van der Waals surface area contributed by atoms with Gasteiger partial charge in [-0.3, -0.25) is 9.20 Å². The number of nitrogens with one attached hydrogen (secondary N) is 1. The SMILES string of the molecule is O=C(Cc1csc2nc(-c3ccccc3)cn12)Nc1ccc2nc(N3CCOCC3)sc2c1. The molecule has 9 heteroatoms. The molecule has 1 saturated heterocycles. The molecule has 4 heterocycles. The maximum atomic E-state index is 12.8. The zero-order valence-corrected chi connectivity index (χ0v) is 19.4. The smallest absolute Gasteiger partial charge is 0.230 e. The number of aromatic nitrogens is 3. The number of nitrogens with zero attached hydrogens (tertiary/aromatic N) is 4. The van der Waals surface area contributed by atoms with Crippen molar-refractivity contribution in [1.29, 1.82) is 0 Å². The van der Waals surface area contributed by atoms with Gasteiger partial charge in [-0.1, -0.05) is 41.7 Å². The van der Waals surface area contributed by atoms with E-state index in [0.717, 1.165) is 69.3 Å². The lowest BCUT2D eigenvalue weighted by atomic mass is 10.2. The van der Waals surface area contributed by atoms with Gasteiger partial charge in [-0.05, 0) is 18.2 Å². The predicted molar refractivity (Wildman–Crippen MR) is 133 cm³/mol. The number of amides is 1. The van der Waals surface area contributed by atoms with Gasteiger partial charge < -0.3 is 15.0 Å². The average molecular weight is 476 g/mol. The number of thiazole rings is 2. The van der Waals surface area contributed by atoms with Crippen LogP contribution in [0.25, 0.3) is 26.4 Å². The second-order valence-electron chi connectivity index (χ2n) is 7.88. The molecule has 1 amide bonds. The maximum absolute atomic E-state index is 12.8. The lowest BCUT2D eigenvalue weighted by molar-refractivity contribution is -0.115. The minimum Gasteiger partial charge on any atom is -0.378 e. The monoisotopic (exact) mass is 475 g/mol. The molecule has 1 fully saturated rings. The minimum atomic E-state index is -0.0538. The summed E-state index contributed by atoms with van der Waals surface area (Å²) in [5.41, 5.74) is 4.64. The fraction of sp³-hybridized carbons (Fsp3) is 0.208. The summed E-state index contributed by atoms with van der Waals surface area (Å²) in [6.07, 6.45) is 2.28. The molecule has 0 radical (unpaired) electrons. The van der Waals surface area contributed by atoms with Crippen LogP contribution < -0.4 is 10.2 Å². The van der Waals surface area contributed by atoms with Crippen LogP contribution in [0.1, 0.15) is 5.69 Å². The first-order chi connectivity index (χ1) is 16.2. The number of hydrogen-bond donors (Lipinski definition) is 1. The fourth-order valence-electron chi connectivity index (χ4n) is 3.95. The summed E-state index contributed by atoms with van der Waals surface area (Å²) in [5.74, 6) is -0.0538. The summed E-state index contributed by atoms with van der Waals surface area (Å²) < 4.78 is 8.51. The molecule has 7 nitrogen and oxygen atoms in total. The van der Waals surface area contributed by atoms with Crippen molar-refractivity contribution < 1.29 is 9.53 Å². The summed E-state index contributed by atoms with van der Waals surface area (Å²) >= 11 is 3.20. The standard InChI is InChI=1S/C24H21N5O2S2/c30-22(13-18-15-32-24-27-20(14-29(18)24)16-4-2-1-3-5-16)25-17-6-7-19-21(12-17)33-23(26-19)28-8-10-31-11-9-28/h1-7,12,14-15H,8-11,13H2,(H,25,30). The van der Waals surface area contributed by atoms with Gasteiger partial charge in [0.2, 0.25) is 5.91 Å². The van der Waals surface area contributed by atoms with Crippen molar-refractivity contribution in [3.8, 4) is 11.3 Å². The van der Waals surface area contributed by atoms with Crippen molar-refractivity contribution in [3.05, 3.63) is 65.8 Å². The summed E-state index contributed by atoms with van der Waals surface area (Å²) in [4.78, 5) is 25.4. The topological polar surface area (TPSA) is 71.8 Å². The molecule has 1 N–H and O–H groups in total. The van der Waals surface area contributed by atoms with Gasteiger partial charge in [-0.15, -0.1) is 11.3 Å². The Hall–Kier alpha value is -3.27. The van der Waals surface area contributed by atoms with Gasteiger partial charge in [0.25, 0.3) is 0 Å². The van der Waals surface area contributed by atoms with E-state index in [9.17, 15) is 4.79 Å². The molecule has 166 valence electrons. The predicted octanol–water partition coefficient (Wildman–Crippen LogP) is 4.69. The van der Waals surface area contributed by atoms with Crippen LogP contribution in [0, 0.1) is 0 Å². The Morgan fingerprint density at radius 3 is 2.79 bits per heavy atom. The van der Waals surface area contributed by atoms with E-state index in [1.165, 1.54) is 0 Å². The number of fused-ring (bicyclic) bond motifs is 2. The number of imidazole rings is 1. The van der Waals surface area contributed by atoms with E-state index >= 15 is 0 Å². The molecule has 0 unspecified atom stereocenters. The molecule has 0 spiro atoms. The number of carbonyl (C=O) groups excluding carboxylic acids is 1. The van der Waals surface area contributed by atoms with Crippen LogP contribution in [0.3, 0.4) is 0 Å².